The van der Waals surface area contributed by atoms with Crippen LogP contribution in [0.3, 0.4) is 0 Å². The van der Waals surface area contributed by atoms with Crippen LogP contribution in [0, 0.1) is 0 Å². The topological polar surface area (TPSA) is 41.9 Å². The van der Waals surface area contributed by atoms with Crippen LogP contribution in [0.2, 0.25) is 0 Å². The molecule has 0 aromatic heterocycles. The van der Waals surface area contributed by atoms with E-state index in [1.807, 2.05) is 19.1 Å². The third-order valence-electron chi connectivity index (χ3n) is 7.15. The number of hydrogen-bond donors (Lipinski definition) is 0. The molecule has 2 aliphatic carbocycles. The second-order valence-corrected chi connectivity index (χ2v) is 10.4. The fraction of sp³-hybridized carbons (Fsp3) is 0.500. The highest BCUT2D eigenvalue weighted by atomic mass is 32.2. The highest BCUT2D eigenvalue weighted by Crippen LogP contribution is 2.40. The summed E-state index contributed by atoms with van der Waals surface area (Å²) in [4.78, 5) is 21.8. The van der Waals surface area contributed by atoms with Crippen LogP contribution >= 0.6 is 11.8 Å². The Kier molecular flexibility index (Phi) is 7.05. The Labute approximate surface area is 201 Å². The summed E-state index contributed by atoms with van der Waals surface area (Å²) in [6, 6.07) is 13.1. The number of amides is 1. The minimum Gasteiger partial charge on any atom is -0.493 e. The lowest BCUT2D eigenvalue weighted by atomic mass is 9.94. The Balaban J connectivity index is 1.55. The number of carbonyl (C=O) groups is 1. The number of benzene rings is 2. The Hall–Kier alpha value is -2.27. The van der Waals surface area contributed by atoms with Gasteiger partial charge in [0.15, 0.2) is 5.17 Å². The van der Waals surface area contributed by atoms with Crippen molar-refractivity contribution in [2.45, 2.75) is 83.2 Å². The van der Waals surface area contributed by atoms with E-state index in [4.69, 9.17) is 9.73 Å². The highest BCUT2D eigenvalue weighted by Gasteiger charge is 2.39. The molecule has 1 heterocycles. The average Bonchev–Trinajstić information content (AvgIpc) is 3.16. The third kappa shape index (κ3) is 4.84. The zero-order valence-corrected chi connectivity index (χ0v) is 20.4. The van der Waals surface area contributed by atoms with Gasteiger partial charge in [0.05, 0.1) is 17.6 Å². The SMILES string of the molecule is CCOc1ccc2ccccc2c1C=C1SC(=NC2CCCCC2)N(C2CCCCC2)C1=O. The van der Waals surface area contributed by atoms with Crippen molar-refractivity contribution >= 4 is 39.7 Å². The summed E-state index contributed by atoms with van der Waals surface area (Å²) in [6.07, 6.45) is 14.0. The third-order valence-corrected chi connectivity index (χ3v) is 8.15. The van der Waals surface area contributed by atoms with Gasteiger partial charge in [0.25, 0.3) is 5.91 Å². The minimum atomic E-state index is 0.122. The molecule has 1 aliphatic heterocycles. The van der Waals surface area contributed by atoms with Crippen LogP contribution in [0.4, 0.5) is 0 Å². The maximum atomic E-state index is 13.8. The van der Waals surface area contributed by atoms with Crippen LogP contribution in [0.15, 0.2) is 46.3 Å². The summed E-state index contributed by atoms with van der Waals surface area (Å²) < 4.78 is 5.97. The van der Waals surface area contributed by atoms with E-state index in [-0.39, 0.29) is 11.9 Å². The number of carbonyl (C=O) groups excluding carboxylic acids is 1. The molecule has 0 N–H and O–H groups in total. The molecular formula is C28H34N2O2S. The number of nitrogens with zero attached hydrogens (tertiary/aromatic N) is 2. The number of rotatable bonds is 5. The molecule has 5 rings (SSSR count). The van der Waals surface area contributed by atoms with Gasteiger partial charge < -0.3 is 4.74 Å². The summed E-state index contributed by atoms with van der Waals surface area (Å²) in [5, 5.41) is 3.21. The van der Waals surface area contributed by atoms with Gasteiger partial charge in [0, 0.05) is 11.6 Å². The second kappa shape index (κ2) is 10.3. The number of hydrogen-bond acceptors (Lipinski definition) is 4. The lowest BCUT2D eigenvalue weighted by Crippen LogP contribution is -2.41. The summed E-state index contributed by atoms with van der Waals surface area (Å²) in [7, 11) is 0. The number of aliphatic imine (C=N–C) groups is 1. The summed E-state index contributed by atoms with van der Waals surface area (Å²) in [5.74, 6) is 0.954. The molecule has 2 saturated carbocycles. The lowest BCUT2D eigenvalue weighted by molar-refractivity contribution is -0.124. The molecule has 0 spiro atoms. The number of thioether (sulfide) groups is 1. The Morgan fingerprint density at radius 2 is 1.73 bits per heavy atom. The van der Waals surface area contributed by atoms with E-state index >= 15 is 0 Å². The van der Waals surface area contributed by atoms with Gasteiger partial charge in [0.2, 0.25) is 0 Å². The second-order valence-electron chi connectivity index (χ2n) is 9.41. The van der Waals surface area contributed by atoms with Gasteiger partial charge in [0.1, 0.15) is 5.75 Å². The largest absolute Gasteiger partial charge is 0.493 e. The van der Waals surface area contributed by atoms with E-state index in [1.165, 1.54) is 38.5 Å². The number of amidine groups is 1. The Bertz CT molecular complexity index is 1060. The summed E-state index contributed by atoms with van der Waals surface area (Å²) >= 11 is 1.58. The van der Waals surface area contributed by atoms with Gasteiger partial charge >= 0.3 is 0 Å². The summed E-state index contributed by atoms with van der Waals surface area (Å²) in [6.45, 7) is 2.60. The predicted octanol–water partition coefficient (Wildman–Crippen LogP) is 7.18. The molecule has 5 heteroatoms. The zero-order valence-electron chi connectivity index (χ0n) is 19.6. The summed E-state index contributed by atoms with van der Waals surface area (Å²) in [5.41, 5.74) is 0.994. The van der Waals surface area contributed by atoms with Gasteiger partial charge in [-0.3, -0.25) is 14.7 Å². The van der Waals surface area contributed by atoms with Gasteiger partial charge in [-0.25, -0.2) is 0 Å². The highest BCUT2D eigenvalue weighted by molar-refractivity contribution is 8.18. The fourth-order valence-corrected chi connectivity index (χ4v) is 6.53. The first-order chi connectivity index (χ1) is 16.2. The monoisotopic (exact) mass is 462 g/mol. The molecule has 4 nitrogen and oxygen atoms in total. The van der Waals surface area contributed by atoms with E-state index in [0.717, 1.165) is 57.8 Å². The normalized spacial score (nSPS) is 23.2. The van der Waals surface area contributed by atoms with E-state index in [9.17, 15) is 4.79 Å². The molecule has 2 aromatic rings. The van der Waals surface area contributed by atoms with E-state index in [2.05, 4.69) is 35.2 Å². The molecule has 174 valence electrons. The molecule has 0 unspecified atom stereocenters. The van der Waals surface area contributed by atoms with Crippen molar-refractivity contribution in [1.82, 2.24) is 4.90 Å². The van der Waals surface area contributed by atoms with Crippen molar-refractivity contribution in [1.29, 1.82) is 0 Å². The van der Waals surface area contributed by atoms with Crippen molar-refractivity contribution in [2.75, 3.05) is 6.61 Å². The molecule has 3 aliphatic rings. The molecule has 1 saturated heterocycles. The number of ether oxygens (including phenoxy) is 1. The molecule has 0 atom stereocenters. The molecule has 33 heavy (non-hydrogen) atoms. The van der Waals surface area contributed by atoms with Crippen LogP contribution < -0.4 is 4.74 Å². The van der Waals surface area contributed by atoms with E-state index in [0.29, 0.717) is 12.6 Å². The van der Waals surface area contributed by atoms with Gasteiger partial charge in [-0.15, -0.1) is 0 Å². The smallest absolute Gasteiger partial charge is 0.267 e. The quantitative estimate of drug-likeness (QED) is 0.442. The van der Waals surface area contributed by atoms with E-state index < -0.39 is 0 Å². The van der Waals surface area contributed by atoms with Crippen LogP contribution in [-0.4, -0.2) is 34.7 Å². The van der Waals surface area contributed by atoms with Crippen molar-refractivity contribution in [3.63, 3.8) is 0 Å². The van der Waals surface area contributed by atoms with Gasteiger partial charge in [-0.1, -0.05) is 68.9 Å². The van der Waals surface area contributed by atoms with E-state index in [1.54, 1.807) is 11.8 Å². The van der Waals surface area contributed by atoms with Crippen molar-refractivity contribution in [3.05, 3.63) is 46.9 Å². The van der Waals surface area contributed by atoms with Crippen molar-refractivity contribution < 1.29 is 9.53 Å². The van der Waals surface area contributed by atoms with Gasteiger partial charge in [-0.05, 0) is 67.3 Å². The van der Waals surface area contributed by atoms with Crippen molar-refractivity contribution in [2.24, 2.45) is 4.99 Å². The lowest BCUT2D eigenvalue weighted by Gasteiger charge is -2.31. The molecule has 2 aromatic carbocycles. The van der Waals surface area contributed by atoms with Crippen LogP contribution in [0.5, 0.6) is 5.75 Å². The molecule has 0 bridgehead atoms. The Morgan fingerprint density at radius 1 is 1.00 bits per heavy atom. The first-order valence-corrected chi connectivity index (χ1v) is 13.5. The predicted molar refractivity (Wildman–Crippen MR) is 139 cm³/mol. The molecular weight excluding hydrogens is 428 g/mol. The standard InChI is InChI=1S/C28H34N2O2S/c1-2-32-25-18-17-20-11-9-10-16-23(20)24(25)19-26-27(31)30(22-14-7-4-8-15-22)28(33-26)29-21-12-5-3-6-13-21/h9-11,16-19,21-22H,2-8,12-15H2,1H3. The first kappa shape index (κ1) is 22.5. The van der Waals surface area contributed by atoms with Crippen LogP contribution in [0.1, 0.15) is 76.7 Å². The van der Waals surface area contributed by atoms with Crippen molar-refractivity contribution in [3.8, 4) is 5.75 Å². The van der Waals surface area contributed by atoms with Crippen LogP contribution in [0.25, 0.3) is 16.8 Å². The maximum absolute atomic E-state index is 13.8. The van der Waals surface area contributed by atoms with Gasteiger partial charge in [-0.2, -0.15) is 0 Å². The van der Waals surface area contributed by atoms with Crippen LogP contribution in [-0.2, 0) is 4.79 Å². The zero-order chi connectivity index (χ0) is 22.6. The Morgan fingerprint density at radius 3 is 2.48 bits per heavy atom. The number of fused-ring (bicyclic) bond motifs is 1. The molecule has 0 radical (unpaired) electrons. The molecule has 3 fully saturated rings. The average molecular weight is 463 g/mol. The molecule has 1 amide bonds. The first-order valence-electron chi connectivity index (χ1n) is 12.7. The fourth-order valence-electron chi connectivity index (χ4n) is 5.44. The minimum absolute atomic E-state index is 0.122. The maximum Gasteiger partial charge on any atom is 0.267 e.